The van der Waals surface area contributed by atoms with Crippen LogP contribution in [-0.4, -0.2) is 53.2 Å². The van der Waals surface area contributed by atoms with E-state index in [4.69, 9.17) is 0 Å². The molecule has 0 aliphatic carbocycles. The number of thiazole rings is 1. The zero-order chi connectivity index (χ0) is 17.8. The quantitative estimate of drug-likeness (QED) is 0.660. The number of aryl methyl sites for hydroxylation is 1. The van der Waals surface area contributed by atoms with E-state index in [1.165, 1.54) is 6.33 Å². The van der Waals surface area contributed by atoms with Gasteiger partial charge in [0.2, 0.25) is 5.91 Å². The van der Waals surface area contributed by atoms with Gasteiger partial charge in [0.25, 0.3) is 0 Å². The van der Waals surface area contributed by atoms with Crippen LogP contribution < -0.4 is 0 Å². The van der Waals surface area contributed by atoms with E-state index in [9.17, 15) is 4.79 Å². The first kappa shape index (κ1) is 16.9. The lowest BCUT2D eigenvalue weighted by Gasteiger charge is -2.32. The summed E-state index contributed by atoms with van der Waals surface area (Å²) in [5, 5.41) is 6.11. The van der Waals surface area contributed by atoms with Gasteiger partial charge >= 0.3 is 0 Å². The van der Waals surface area contributed by atoms with Crippen molar-refractivity contribution >= 4 is 17.2 Å². The van der Waals surface area contributed by atoms with Crippen LogP contribution >= 0.6 is 11.3 Å². The molecule has 8 nitrogen and oxygen atoms in total. The maximum absolute atomic E-state index is 12.6. The molecule has 1 saturated heterocycles. The Morgan fingerprint density at radius 3 is 3.12 bits per heavy atom. The molecular weight excluding hydrogens is 350 g/mol. The van der Waals surface area contributed by atoms with Gasteiger partial charge in [0, 0.05) is 43.2 Å². The van der Waals surface area contributed by atoms with Gasteiger partial charge in [-0.15, -0.1) is 11.3 Å². The molecule has 3 aromatic rings. The molecule has 0 spiro atoms. The number of piperidine rings is 1. The van der Waals surface area contributed by atoms with Gasteiger partial charge in [-0.3, -0.25) is 9.48 Å². The molecule has 1 fully saturated rings. The Balaban J connectivity index is 1.39. The topological polar surface area (TPSA) is 81.7 Å². The van der Waals surface area contributed by atoms with E-state index >= 15 is 0 Å². The molecule has 1 aliphatic heterocycles. The third kappa shape index (κ3) is 3.82. The molecule has 1 unspecified atom stereocenters. The highest BCUT2D eigenvalue weighted by Crippen LogP contribution is 2.26. The second-order valence-corrected chi connectivity index (χ2v) is 7.20. The summed E-state index contributed by atoms with van der Waals surface area (Å²) in [6.07, 6.45) is 9.48. The van der Waals surface area contributed by atoms with E-state index < -0.39 is 0 Å². The fraction of sp³-hybridized carbons (Fsp3) is 0.471. The number of imidazole rings is 1. The average Bonchev–Trinajstić information content (AvgIpc) is 3.43. The molecule has 4 rings (SSSR count). The number of amides is 1. The predicted molar refractivity (Wildman–Crippen MR) is 96.6 cm³/mol. The second kappa shape index (κ2) is 7.77. The van der Waals surface area contributed by atoms with Crippen molar-refractivity contribution < 1.29 is 4.79 Å². The van der Waals surface area contributed by atoms with E-state index in [-0.39, 0.29) is 11.8 Å². The number of likely N-dealkylation sites (tertiary alicyclic amines) is 1. The molecule has 4 heterocycles. The molecule has 1 atom stereocenters. The van der Waals surface area contributed by atoms with Crippen LogP contribution in [0.5, 0.6) is 0 Å². The lowest BCUT2D eigenvalue weighted by atomic mass is 9.96. The fourth-order valence-corrected chi connectivity index (χ4v) is 3.98. The molecule has 9 heteroatoms. The normalized spacial score (nSPS) is 17.5. The maximum atomic E-state index is 12.6. The average molecular weight is 371 g/mol. The summed E-state index contributed by atoms with van der Waals surface area (Å²) in [7, 11) is 0. The van der Waals surface area contributed by atoms with Crippen LogP contribution in [0.1, 0.15) is 36.7 Å². The summed E-state index contributed by atoms with van der Waals surface area (Å²) in [6, 6.07) is 0. The lowest BCUT2D eigenvalue weighted by Crippen LogP contribution is -2.40. The third-order valence-electron chi connectivity index (χ3n) is 4.72. The van der Waals surface area contributed by atoms with Crippen LogP contribution in [0.2, 0.25) is 0 Å². The van der Waals surface area contributed by atoms with Crippen LogP contribution in [0.3, 0.4) is 0 Å². The standard InChI is InChI=1S/C17H21N7OS/c25-16(3-6-24-12-18-11-21-24)22-5-1-2-14(8-22)17-19-4-7-23(17)9-15-10-26-13-20-15/h4,7,10-14H,1-3,5-6,8-9H2. The van der Waals surface area contributed by atoms with Gasteiger partial charge in [0.1, 0.15) is 18.5 Å². The number of carbonyl (C=O) groups excluding carboxylic acids is 1. The van der Waals surface area contributed by atoms with E-state index in [1.54, 1.807) is 22.3 Å². The smallest absolute Gasteiger partial charge is 0.224 e. The summed E-state index contributed by atoms with van der Waals surface area (Å²) in [4.78, 5) is 27.4. The molecule has 136 valence electrons. The Morgan fingerprint density at radius 2 is 2.31 bits per heavy atom. The van der Waals surface area contributed by atoms with Crippen LogP contribution in [0.4, 0.5) is 0 Å². The van der Waals surface area contributed by atoms with Crippen molar-refractivity contribution in [2.45, 2.75) is 38.3 Å². The zero-order valence-corrected chi connectivity index (χ0v) is 15.3. The van der Waals surface area contributed by atoms with E-state index in [0.29, 0.717) is 13.0 Å². The van der Waals surface area contributed by atoms with Gasteiger partial charge in [-0.05, 0) is 12.8 Å². The second-order valence-electron chi connectivity index (χ2n) is 6.48. The highest BCUT2D eigenvalue weighted by Gasteiger charge is 2.27. The monoisotopic (exact) mass is 371 g/mol. The molecule has 0 radical (unpaired) electrons. The Hall–Kier alpha value is -2.55. The molecule has 0 aromatic carbocycles. The predicted octanol–water partition coefficient (Wildman–Crippen LogP) is 1.78. The summed E-state index contributed by atoms with van der Waals surface area (Å²) in [6.45, 7) is 2.85. The SMILES string of the molecule is O=C(CCn1cncn1)N1CCCC(c2nccn2Cc2cscn2)C1. The van der Waals surface area contributed by atoms with Gasteiger partial charge in [-0.1, -0.05) is 0 Å². The minimum Gasteiger partial charge on any atom is -0.342 e. The fourth-order valence-electron chi connectivity index (χ4n) is 3.44. The number of hydrogen-bond acceptors (Lipinski definition) is 6. The number of aromatic nitrogens is 6. The Morgan fingerprint density at radius 1 is 1.35 bits per heavy atom. The van der Waals surface area contributed by atoms with Crippen molar-refractivity contribution in [3.63, 3.8) is 0 Å². The molecule has 0 N–H and O–H groups in total. The van der Waals surface area contributed by atoms with Crippen LogP contribution in [0, 0.1) is 0 Å². The van der Waals surface area contributed by atoms with E-state index in [1.807, 2.05) is 22.8 Å². The van der Waals surface area contributed by atoms with Crippen molar-refractivity contribution in [3.8, 4) is 0 Å². The molecule has 26 heavy (non-hydrogen) atoms. The number of nitrogens with zero attached hydrogens (tertiary/aromatic N) is 7. The van der Waals surface area contributed by atoms with E-state index in [2.05, 4.69) is 30.0 Å². The van der Waals surface area contributed by atoms with Gasteiger partial charge in [-0.2, -0.15) is 5.10 Å². The van der Waals surface area contributed by atoms with Crippen molar-refractivity contribution in [3.05, 3.63) is 47.5 Å². The zero-order valence-electron chi connectivity index (χ0n) is 14.4. The Bertz CT molecular complexity index is 827. The first-order valence-corrected chi connectivity index (χ1v) is 9.72. The highest BCUT2D eigenvalue weighted by atomic mass is 32.1. The molecule has 0 bridgehead atoms. The number of rotatable bonds is 6. The summed E-state index contributed by atoms with van der Waals surface area (Å²) in [5.41, 5.74) is 2.90. The minimum atomic E-state index is 0.169. The largest absolute Gasteiger partial charge is 0.342 e. The Kier molecular flexibility index (Phi) is 5.05. The first-order chi connectivity index (χ1) is 12.8. The van der Waals surface area contributed by atoms with Gasteiger partial charge in [0.05, 0.1) is 24.3 Å². The summed E-state index contributed by atoms with van der Waals surface area (Å²) < 4.78 is 3.85. The van der Waals surface area contributed by atoms with Crippen molar-refractivity contribution in [2.24, 2.45) is 0 Å². The molecule has 1 amide bonds. The third-order valence-corrected chi connectivity index (χ3v) is 5.36. The van der Waals surface area contributed by atoms with Crippen LogP contribution in [0.15, 0.2) is 35.9 Å². The number of carbonyl (C=O) groups is 1. The van der Waals surface area contributed by atoms with Gasteiger partial charge in [-0.25, -0.2) is 15.0 Å². The summed E-state index contributed by atoms with van der Waals surface area (Å²) >= 11 is 1.60. The van der Waals surface area contributed by atoms with Crippen molar-refractivity contribution in [1.82, 2.24) is 34.2 Å². The highest BCUT2D eigenvalue weighted by molar-refractivity contribution is 7.07. The van der Waals surface area contributed by atoms with Crippen molar-refractivity contribution in [1.29, 1.82) is 0 Å². The van der Waals surface area contributed by atoms with Crippen LogP contribution in [0.25, 0.3) is 0 Å². The van der Waals surface area contributed by atoms with Gasteiger partial charge in [0.15, 0.2) is 0 Å². The lowest BCUT2D eigenvalue weighted by molar-refractivity contribution is -0.132. The van der Waals surface area contributed by atoms with Gasteiger partial charge < -0.3 is 9.47 Å². The molecule has 0 saturated carbocycles. The molecule has 1 aliphatic rings. The minimum absolute atomic E-state index is 0.169. The molecular formula is C17H21N7OS. The van der Waals surface area contributed by atoms with Crippen LogP contribution in [-0.2, 0) is 17.9 Å². The Labute approximate surface area is 155 Å². The molecule has 3 aromatic heterocycles. The maximum Gasteiger partial charge on any atom is 0.224 e. The first-order valence-electron chi connectivity index (χ1n) is 8.78. The van der Waals surface area contributed by atoms with Crippen molar-refractivity contribution in [2.75, 3.05) is 13.1 Å². The van der Waals surface area contributed by atoms with E-state index in [0.717, 1.165) is 44.0 Å². The number of hydrogen-bond donors (Lipinski definition) is 0. The summed E-state index contributed by atoms with van der Waals surface area (Å²) in [5.74, 6) is 1.49.